The normalized spacial score (nSPS) is 20.6. The predicted molar refractivity (Wildman–Crippen MR) is 136 cm³/mol. The maximum atomic E-state index is 14.4. The number of hydrogen-bond acceptors (Lipinski definition) is 4. The van der Waals surface area contributed by atoms with Crippen molar-refractivity contribution in [3.05, 3.63) is 65.2 Å². The Labute approximate surface area is 228 Å². The molecule has 2 aliphatic heterocycles. The Kier molecular flexibility index (Phi) is 9.49. The number of rotatable bonds is 7. The Morgan fingerprint density at radius 2 is 1.73 bits per heavy atom. The molecule has 0 aromatic heterocycles. The number of carbonyl (C=O) groups excluding carboxylic acids is 1. The predicted octanol–water partition coefficient (Wildman–Crippen LogP) is 5.48. The Hall–Kier alpha value is -3.41. The van der Waals surface area contributed by atoms with Gasteiger partial charge in [0.15, 0.2) is 0 Å². The van der Waals surface area contributed by atoms with E-state index >= 15 is 0 Å². The number of benzene rings is 2. The zero-order valence-corrected chi connectivity index (χ0v) is 21.8. The van der Waals surface area contributed by atoms with Gasteiger partial charge in [0, 0.05) is 36.8 Å². The number of fused-ring (bicyclic) bond motifs is 1. The summed E-state index contributed by atoms with van der Waals surface area (Å²) in [5.74, 6) is -3.13. The molecule has 2 aromatic rings. The zero-order valence-electron chi connectivity index (χ0n) is 21.8. The van der Waals surface area contributed by atoms with Crippen molar-refractivity contribution in [2.45, 2.75) is 76.0 Å². The lowest BCUT2D eigenvalue weighted by molar-refractivity contribution is -0.192. The molecule has 2 amide bonds. The molecule has 2 atom stereocenters. The highest BCUT2D eigenvalue weighted by molar-refractivity contribution is 5.74. The molecule has 1 unspecified atom stereocenters. The fourth-order valence-corrected chi connectivity index (χ4v) is 5.03. The first-order valence-electron chi connectivity index (χ1n) is 13.3. The van der Waals surface area contributed by atoms with Gasteiger partial charge in [0.25, 0.3) is 0 Å². The molecule has 0 radical (unpaired) electrons. The molecule has 12 heteroatoms. The minimum absolute atomic E-state index is 0.0307. The Balaban J connectivity index is 0.000000470. The van der Waals surface area contributed by atoms with Crippen LogP contribution in [0.1, 0.15) is 49.7 Å². The van der Waals surface area contributed by atoms with Gasteiger partial charge in [0.2, 0.25) is 0 Å². The van der Waals surface area contributed by atoms with Gasteiger partial charge < -0.3 is 25.0 Å². The third-order valence-corrected chi connectivity index (χ3v) is 7.29. The summed E-state index contributed by atoms with van der Waals surface area (Å²) in [5, 5.41) is 10.1. The molecule has 1 aliphatic carbocycles. The third kappa shape index (κ3) is 8.30. The number of piperidine rings is 1. The van der Waals surface area contributed by atoms with Crippen molar-refractivity contribution in [2.75, 3.05) is 13.1 Å². The van der Waals surface area contributed by atoms with E-state index in [9.17, 15) is 26.7 Å². The maximum absolute atomic E-state index is 14.4. The number of aliphatic carboxylic acids is 1. The second-order valence-corrected chi connectivity index (χ2v) is 10.3. The summed E-state index contributed by atoms with van der Waals surface area (Å²) in [4.78, 5) is 26.4. The van der Waals surface area contributed by atoms with Gasteiger partial charge in [0.1, 0.15) is 17.4 Å². The molecule has 5 rings (SSSR count). The summed E-state index contributed by atoms with van der Waals surface area (Å²) >= 11 is 0. The van der Waals surface area contributed by atoms with E-state index in [1.54, 1.807) is 4.90 Å². The fraction of sp³-hybridized carbons (Fsp3) is 0.500. The third-order valence-electron chi connectivity index (χ3n) is 7.29. The first kappa shape index (κ1) is 29.6. The van der Waals surface area contributed by atoms with Gasteiger partial charge in [0.05, 0.1) is 12.6 Å². The second kappa shape index (κ2) is 12.8. The minimum atomic E-state index is -5.08. The van der Waals surface area contributed by atoms with E-state index in [1.807, 2.05) is 24.3 Å². The summed E-state index contributed by atoms with van der Waals surface area (Å²) in [6.07, 6.45) is 1.58. The average molecular weight is 570 g/mol. The number of carboxylic acids is 1. The van der Waals surface area contributed by atoms with Crippen molar-refractivity contribution in [1.82, 2.24) is 15.1 Å². The lowest BCUT2D eigenvalue weighted by Gasteiger charge is -2.40. The lowest BCUT2D eigenvalue weighted by atomic mass is 9.96. The zero-order chi connectivity index (χ0) is 28.9. The number of hydrogen-bond donors (Lipinski definition) is 2. The van der Waals surface area contributed by atoms with Crippen LogP contribution in [0, 0.1) is 11.6 Å². The highest BCUT2D eigenvalue weighted by Gasteiger charge is 2.38. The van der Waals surface area contributed by atoms with Crippen LogP contribution in [0.5, 0.6) is 5.75 Å². The lowest BCUT2D eigenvalue weighted by Crippen LogP contribution is -2.52. The summed E-state index contributed by atoms with van der Waals surface area (Å²) in [7, 11) is 0. The molecular formula is C28H32F5N3O4. The fourth-order valence-electron chi connectivity index (χ4n) is 5.03. The molecule has 2 N–H and O–H groups in total. The van der Waals surface area contributed by atoms with Gasteiger partial charge in [-0.25, -0.2) is 18.4 Å². The SMILES string of the molecule is O=C(NCc1ccc(OC2CC2)cc1)N(Cc1ccc(F)cc1F)C1CCN2CCC[C@H]2C1.O=C(O)C(F)(F)F. The first-order chi connectivity index (χ1) is 19.0. The van der Waals surface area contributed by atoms with Crippen LogP contribution >= 0.6 is 0 Å². The van der Waals surface area contributed by atoms with Crippen molar-refractivity contribution in [3.63, 3.8) is 0 Å². The van der Waals surface area contributed by atoms with E-state index in [2.05, 4.69) is 10.2 Å². The molecule has 218 valence electrons. The highest BCUT2D eigenvalue weighted by Crippen LogP contribution is 2.31. The van der Waals surface area contributed by atoms with Crippen LogP contribution in [-0.4, -0.2) is 64.4 Å². The van der Waals surface area contributed by atoms with E-state index in [-0.39, 0.29) is 18.6 Å². The summed E-state index contributed by atoms with van der Waals surface area (Å²) < 4.78 is 65.3. The summed E-state index contributed by atoms with van der Waals surface area (Å²) in [6.45, 7) is 2.58. The minimum Gasteiger partial charge on any atom is -0.490 e. The second-order valence-electron chi connectivity index (χ2n) is 10.3. The van der Waals surface area contributed by atoms with Crippen molar-refractivity contribution >= 4 is 12.0 Å². The number of urea groups is 1. The van der Waals surface area contributed by atoms with Crippen LogP contribution in [0.4, 0.5) is 26.7 Å². The smallest absolute Gasteiger partial charge is 0.490 e. The number of carboxylic acid groups (broad SMARTS) is 1. The number of carbonyl (C=O) groups is 2. The highest BCUT2D eigenvalue weighted by atomic mass is 19.4. The van der Waals surface area contributed by atoms with Gasteiger partial charge >= 0.3 is 18.2 Å². The van der Waals surface area contributed by atoms with Crippen LogP contribution in [0.15, 0.2) is 42.5 Å². The van der Waals surface area contributed by atoms with E-state index < -0.39 is 23.8 Å². The van der Waals surface area contributed by atoms with Crippen molar-refractivity contribution in [2.24, 2.45) is 0 Å². The quantitative estimate of drug-likeness (QED) is 0.432. The molecule has 40 heavy (non-hydrogen) atoms. The van der Waals surface area contributed by atoms with E-state index in [4.69, 9.17) is 14.6 Å². The number of nitrogens with zero attached hydrogens (tertiary/aromatic N) is 2. The Morgan fingerprint density at radius 1 is 1.02 bits per heavy atom. The van der Waals surface area contributed by atoms with Gasteiger partial charge in [-0.15, -0.1) is 0 Å². The molecule has 7 nitrogen and oxygen atoms in total. The molecular weight excluding hydrogens is 537 g/mol. The van der Waals surface area contributed by atoms with E-state index in [1.165, 1.54) is 18.6 Å². The van der Waals surface area contributed by atoms with Crippen LogP contribution < -0.4 is 10.1 Å². The van der Waals surface area contributed by atoms with Crippen LogP contribution in [-0.2, 0) is 17.9 Å². The van der Waals surface area contributed by atoms with Crippen LogP contribution in [0.3, 0.4) is 0 Å². The molecule has 2 saturated heterocycles. The van der Waals surface area contributed by atoms with Crippen LogP contribution in [0.25, 0.3) is 0 Å². The average Bonchev–Trinajstić information content (AvgIpc) is 3.60. The van der Waals surface area contributed by atoms with Crippen molar-refractivity contribution in [3.8, 4) is 5.75 Å². The van der Waals surface area contributed by atoms with Gasteiger partial charge in [-0.3, -0.25) is 0 Å². The molecule has 0 bridgehead atoms. The standard InChI is InChI=1S/C26H31F2N3O2.C2HF3O2/c27-20-6-5-19(25(28)14-20)17-31(22-11-13-30-12-1-2-21(30)15-22)26(32)29-16-18-3-7-23(8-4-18)33-24-9-10-24;3-2(4,5)1(6)7/h3-8,14,21-22,24H,1-2,9-13,15-17H2,(H,29,32);(H,6,7)/t21-,22?;/m0./s1. The monoisotopic (exact) mass is 569 g/mol. The number of amides is 2. The van der Waals surface area contributed by atoms with E-state index in [0.29, 0.717) is 24.3 Å². The number of halogens is 5. The van der Waals surface area contributed by atoms with Gasteiger partial charge in [-0.05, 0) is 68.8 Å². The number of alkyl halides is 3. The maximum Gasteiger partial charge on any atom is 0.490 e. The van der Waals surface area contributed by atoms with Gasteiger partial charge in [-0.2, -0.15) is 13.2 Å². The summed E-state index contributed by atoms with van der Waals surface area (Å²) in [5.41, 5.74) is 1.31. The number of ether oxygens (including phenoxy) is 1. The molecule has 0 spiro atoms. The first-order valence-corrected chi connectivity index (χ1v) is 13.3. The number of nitrogens with one attached hydrogen (secondary N) is 1. The Morgan fingerprint density at radius 3 is 2.35 bits per heavy atom. The van der Waals surface area contributed by atoms with E-state index in [0.717, 1.165) is 62.6 Å². The Bertz CT molecular complexity index is 1170. The molecule has 3 fully saturated rings. The molecule has 3 aliphatic rings. The van der Waals surface area contributed by atoms with Crippen molar-refractivity contribution in [1.29, 1.82) is 0 Å². The largest absolute Gasteiger partial charge is 0.490 e. The molecule has 2 aromatic carbocycles. The van der Waals surface area contributed by atoms with Crippen molar-refractivity contribution < 1.29 is 41.4 Å². The molecule has 1 saturated carbocycles. The topological polar surface area (TPSA) is 82.1 Å². The summed E-state index contributed by atoms with van der Waals surface area (Å²) in [6, 6.07) is 11.7. The molecule has 2 heterocycles. The van der Waals surface area contributed by atoms with Crippen LogP contribution in [0.2, 0.25) is 0 Å². The van der Waals surface area contributed by atoms with Gasteiger partial charge in [-0.1, -0.05) is 18.2 Å².